The van der Waals surface area contributed by atoms with Crippen molar-refractivity contribution in [2.45, 2.75) is 6.18 Å². The number of nitrogens with zero attached hydrogens (tertiary/aromatic N) is 3. The maximum Gasteiger partial charge on any atom is 0.417 e. The van der Waals surface area contributed by atoms with Crippen LogP contribution in [-0.4, -0.2) is 20.2 Å². The van der Waals surface area contributed by atoms with Gasteiger partial charge in [-0.15, -0.1) is 0 Å². The van der Waals surface area contributed by atoms with E-state index in [-0.39, 0.29) is 11.4 Å². The second kappa shape index (κ2) is 6.10. The van der Waals surface area contributed by atoms with Crippen LogP contribution >= 0.6 is 0 Å². The van der Waals surface area contributed by atoms with E-state index in [9.17, 15) is 32.8 Å². The Bertz CT molecular complexity index is 1000. The van der Waals surface area contributed by atoms with Crippen molar-refractivity contribution < 1.29 is 32.1 Å². The molecule has 0 atom stereocenters. The van der Waals surface area contributed by atoms with Crippen LogP contribution in [0.15, 0.2) is 40.9 Å². The summed E-state index contributed by atoms with van der Waals surface area (Å²) in [6.07, 6.45) is -4.81. The van der Waals surface area contributed by atoms with Crippen molar-refractivity contribution in [3.8, 4) is 28.6 Å². The molecule has 3 rings (SSSR count). The van der Waals surface area contributed by atoms with Crippen molar-refractivity contribution in [2.24, 2.45) is 0 Å². The number of halogens is 4. The first kappa shape index (κ1) is 17.3. The van der Waals surface area contributed by atoms with Crippen molar-refractivity contribution in [1.82, 2.24) is 10.1 Å². The summed E-state index contributed by atoms with van der Waals surface area (Å²) in [4.78, 5) is 13.7. The average molecular weight is 369 g/mol. The number of phenols is 1. The van der Waals surface area contributed by atoms with Gasteiger partial charge in [0.25, 0.3) is 11.6 Å². The summed E-state index contributed by atoms with van der Waals surface area (Å²) in [6, 6.07) is 4.98. The van der Waals surface area contributed by atoms with Gasteiger partial charge in [0.2, 0.25) is 5.82 Å². The zero-order valence-corrected chi connectivity index (χ0v) is 12.5. The maximum absolute atomic E-state index is 13.2. The zero-order valence-electron chi connectivity index (χ0n) is 12.5. The van der Waals surface area contributed by atoms with Crippen molar-refractivity contribution in [2.75, 3.05) is 0 Å². The Kier molecular flexibility index (Phi) is 4.06. The molecule has 134 valence electrons. The van der Waals surface area contributed by atoms with E-state index in [4.69, 9.17) is 4.52 Å². The van der Waals surface area contributed by atoms with Crippen LogP contribution in [0.1, 0.15) is 5.56 Å². The molecule has 1 N–H and O–H groups in total. The van der Waals surface area contributed by atoms with Crippen LogP contribution in [0.4, 0.5) is 23.2 Å². The topological polar surface area (TPSA) is 102 Å². The lowest BCUT2D eigenvalue weighted by atomic mass is 10.1. The highest BCUT2D eigenvalue weighted by atomic mass is 19.4. The predicted octanol–water partition coefficient (Wildman–Crippen LogP) is 4.18. The van der Waals surface area contributed by atoms with Crippen LogP contribution in [0.2, 0.25) is 0 Å². The normalized spacial score (nSPS) is 11.5. The molecule has 0 saturated heterocycles. The number of non-ortho nitro benzene ring substituents is 1. The van der Waals surface area contributed by atoms with E-state index in [0.717, 1.165) is 12.1 Å². The Labute approximate surface area is 141 Å². The van der Waals surface area contributed by atoms with Crippen LogP contribution < -0.4 is 0 Å². The number of aromatic nitrogens is 2. The number of phenolic OH excluding ortho intramolecular Hbond substituents is 1. The third-order valence-electron chi connectivity index (χ3n) is 3.38. The number of nitro groups is 1. The van der Waals surface area contributed by atoms with E-state index in [1.807, 2.05) is 0 Å². The largest absolute Gasteiger partial charge is 0.505 e. The number of aromatic hydroxyl groups is 1. The molecule has 11 heteroatoms. The number of rotatable bonds is 3. The monoisotopic (exact) mass is 369 g/mol. The fourth-order valence-electron chi connectivity index (χ4n) is 2.17. The Morgan fingerprint density at radius 1 is 1.15 bits per heavy atom. The molecule has 1 aromatic heterocycles. The molecule has 0 saturated carbocycles. The summed E-state index contributed by atoms with van der Waals surface area (Å²) in [5.74, 6) is -2.45. The molecule has 0 fully saturated rings. The number of hydrogen-bond donors (Lipinski definition) is 1. The molecule has 0 unspecified atom stereocenters. The van der Waals surface area contributed by atoms with Gasteiger partial charge in [0.05, 0.1) is 16.1 Å². The molecule has 2 aromatic carbocycles. The molecule has 0 aliphatic heterocycles. The first-order valence-corrected chi connectivity index (χ1v) is 6.85. The first-order chi connectivity index (χ1) is 12.2. The standard InChI is InChI=1S/C15H7F4N3O4/c16-11-4-1-7(5-12(11)23)13-20-14(26-21-13)9-6-8(22(24)25)2-3-10(9)15(17,18)19/h1-6,23H. The molecule has 26 heavy (non-hydrogen) atoms. The van der Waals surface area contributed by atoms with Crippen molar-refractivity contribution >= 4 is 5.69 Å². The second-order valence-corrected chi connectivity index (χ2v) is 5.07. The molecule has 0 aliphatic rings. The molecule has 1 heterocycles. The average Bonchev–Trinajstić information content (AvgIpc) is 3.06. The van der Waals surface area contributed by atoms with Gasteiger partial charge in [-0.3, -0.25) is 10.1 Å². The van der Waals surface area contributed by atoms with E-state index in [1.165, 1.54) is 6.07 Å². The van der Waals surface area contributed by atoms with Gasteiger partial charge in [-0.05, 0) is 24.3 Å². The highest BCUT2D eigenvalue weighted by Gasteiger charge is 2.36. The van der Waals surface area contributed by atoms with Crippen LogP contribution in [0, 0.1) is 15.9 Å². The summed E-state index contributed by atoms with van der Waals surface area (Å²) in [5, 5.41) is 23.7. The van der Waals surface area contributed by atoms with Gasteiger partial charge in [-0.1, -0.05) is 5.16 Å². The number of benzene rings is 2. The van der Waals surface area contributed by atoms with E-state index in [0.29, 0.717) is 18.2 Å². The number of alkyl halides is 3. The summed E-state index contributed by atoms with van der Waals surface area (Å²) in [5.41, 5.74) is -2.37. The summed E-state index contributed by atoms with van der Waals surface area (Å²) >= 11 is 0. The molecule has 0 aliphatic carbocycles. The lowest BCUT2D eigenvalue weighted by Gasteiger charge is -2.09. The van der Waals surface area contributed by atoms with Crippen LogP contribution in [0.25, 0.3) is 22.8 Å². The van der Waals surface area contributed by atoms with Crippen LogP contribution in [0.3, 0.4) is 0 Å². The van der Waals surface area contributed by atoms with Gasteiger partial charge in [0, 0.05) is 17.7 Å². The number of hydrogen-bond acceptors (Lipinski definition) is 6. The Hall–Kier alpha value is -3.50. The highest BCUT2D eigenvalue weighted by molar-refractivity contribution is 5.66. The Morgan fingerprint density at radius 2 is 1.88 bits per heavy atom. The quantitative estimate of drug-likeness (QED) is 0.422. The third-order valence-corrected chi connectivity index (χ3v) is 3.38. The van der Waals surface area contributed by atoms with Gasteiger partial charge in [0.15, 0.2) is 11.6 Å². The maximum atomic E-state index is 13.2. The Balaban J connectivity index is 2.12. The van der Waals surface area contributed by atoms with Gasteiger partial charge in [-0.25, -0.2) is 4.39 Å². The minimum absolute atomic E-state index is 0.0814. The summed E-state index contributed by atoms with van der Waals surface area (Å²) < 4.78 is 57.4. The lowest BCUT2D eigenvalue weighted by Crippen LogP contribution is -2.07. The van der Waals surface area contributed by atoms with E-state index in [2.05, 4.69) is 10.1 Å². The lowest BCUT2D eigenvalue weighted by molar-refractivity contribution is -0.384. The molecular weight excluding hydrogens is 362 g/mol. The fraction of sp³-hybridized carbons (Fsp3) is 0.0667. The van der Waals surface area contributed by atoms with Gasteiger partial charge >= 0.3 is 6.18 Å². The van der Waals surface area contributed by atoms with E-state index in [1.54, 1.807) is 0 Å². The van der Waals surface area contributed by atoms with Gasteiger partial charge in [-0.2, -0.15) is 18.2 Å². The minimum atomic E-state index is -4.81. The molecular formula is C15H7F4N3O4. The zero-order chi connectivity index (χ0) is 19.1. The summed E-state index contributed by atoms with van der Waals surface area (Å²) in [7, 11) is 0. The molecule has 0 amide bonds. The highest BCUT2D eigenvalue weighted by Crippen LogP contribution is 2.39. The first-order valence-electron chi connectivity index (χ1n) is 6.85. The van der Waals surface area contributed by atoms with Crippen LogP contribution in [0.5, 0.6) is 5.75 Å². The molecule has 0 bridgehead atoms. The number of nitro benzene ring substituents is 1. The molecule has 3 aromatic rings. The van der Waals surface area contributed by atoms with Crippen molar-refractivity contribution in [3.05, 3.63) is 57.9 Å². The fourth-order valence-corrected chi connectivity index (χ4v) is 2.17. The van der Waals surface area contributed by atoms with Crippen LogP contribution in [-0.2, 0) is 6.18 Å². The van der Waals surface area contributed by atoms with Gasteiger partial charge < -0.3 is 9.63 Å². The molecule has 0 radical (unpaired) electrons. The predicted molar refractivity (Wildman–Crippen MR) is 78.4 cm³/mol. The van der Waals surface area contributed by atoms with Crippen molar-refractivity contribution in [1.29, 1.82) is 0 Å². The Morgan fingerprint density at radius 3 is 2.50 bits per heavy atom. The molecule has 7 nitrogen and oxygen atoms in total. The minimum Gasteiger partial charge on any atom is -0.505 e. The van der Waals surface area contributed by atoms with E-state index >= 15 is 0 Å². The smallest absolute Gasteiger partial charge is 0.417 e. The van der Waals surface area contributed by atoms with E-state index < -0.39 is 45.4 Å². The van der Waals surface area contributed by atoms with Gasteiger partial charge in [0.1, 0.15) is 0 Å². The second-order valence-electron chi connectivity index (χ2n) is 5.07. The third kappa shape index (κ3) is 3.18. The van der Waals surface area contributed by atoms with Crippen molar-refractivity contribution in [3.63, 3.8) is 0 Å². The SMILES string of the molecule is O=[N+]([O-])c1ccc(C(F)(F)F)c(-c2nc(-c3ccc(F)c(O)c3)no2)c1. The molecule has 0 spiro atoms. The summed E-state index contributed by atoms with van der Waals surface area (Å²) in [6.45, 7) is 0.